The molecule has 1 nitrogen and oxygen atoms in total. The Kier molecular flexibility index (Phi) is 6.24. The Labute approximate surface area is 69.6 Å². The van der Waals surface area contributed by atoms with Gasteiger partial charge in [0.25, 0.3) is 0 Å². The van der Waals surface area contributed by atoms with Gasteiger partial charge in [0.1, 0.15) is 5.44 Å². The van der Waals surface area contributed by atoms with Gasteiger partial charge in [0.2, 0.25) is 0 Å². The van der Waals surface area contributed by atoms with Crippen LogP contribution in [0.2, 0.25) is 0 Å². The first kappa shape index (κ1) is 10.3. The molecule has 1 radical (unpaired) electrons. The van der Waals surface area contributed by atoms with Gasteiger partial charge in [-0.05, 0) is 12.3 Å². The van der Waals surface area contributed by atoms with Crippen LogP contribution in [-0.2, 0) is 4.74 Å². The highest BCUT2D eigenvalue weighted by molar-refractivity contribution is 7.80. The molecule has 0 aliphatic heterocycles. The highest BCUT2D eigenvalue weighted by atomic mass is 32.1. The number of hydrogen-bond donors (Lipinski definition) is 0. The van der Waals surface area contributed by atoms with Crippen molar-refractivity contribution in [3.63, 3.8) is 0 Å². The van der Waals surface area contributed by atoms with Gasteiger partial charge in [-0.15, -0.1) is 0 Å². The van der Waals surface area contributed by atoms with E-state index >= 15 is 0 Å². The fraction of sp³-hybridized carbons (Fsp3) is 1.00. The van der Waals surface area contributed by atoms with Crippen LogP contribution in [0.1, 0.15) is 33.6 Å². The molecule has 0 aromatic rings. The third-order valence-electron chi connectivity index (χ3n) is 1.32. The van der Waals surface area contributed by atoms with E-state index in [4.69, 9.17) is 17.4 Å². The van der Waals surface area contributed by atoms with E-state index in [1.165, 1.54) is 6.42 Å². The van der Waals surface area contributed by atoms with Crippen molar-refractivity contribution < 1.29 is 4.74 Å². The second kappa shape index (κ2) is 6.05. The van der Waals surface area contributed by atoms with Gasteiger partial charge in [-0.25, -0.2) is 0 Å². The molecule has 0 saturated carbocycles. The summed E-state index contributed by atoms with van der Waals surface area (Å²) in [6.45, 7) is 7.15. The topological polar surface area (TPSA) is 9.23 Å². The van der Waals surface area contributed by atoms with Crippen molar-refractivity contribution in [1.82, 2.24) is 0 Å². The summed E-state index contributed by atoms with van der Waals surface area (Å²) < 4.78 is 5.36. The Morgan fingerprint density at radius 2 is 2.00 bits per heavy atom. The number of unbranched alkanes of at least 4 members (excludes halogenated alkanes) is 1. The summed E-state index contributed by atoms with van der Waals surface area (Å²) >= 11 is 5.05. The summed E-state index contributed by atoms with van der Waals surface area (Å²) in [7, 11) is 0. The number of hydrogen-bond acceptors (Lipinski definition) is 1. The van der Waals surface area contributed by atoms with E-state index in [0.29, 0.717) is 5.92 Å². The molecule has 0 rings (SSSR count). The quantitative estimate of drug-likeness (QED) is 0.563. The van der Waals surface area contributed by atoms with Crippen LogP contribution < -0.4 is 0 Å². The fourth-order valence-corrected chi connectivity index (χ4v) is 0.632. The normalized spacial score (nSPS) is 14.1. The molecule has 0 spiro atoms. The summed E-state index contributed by atoms with van der Waals surface area (Å²) in [6, 6.07) is 0. The van der Waals surface area contributed by atoms with E-state index in [9.17, 15) is 0 Å². The lowest BCUT2D eigenvalue weighted by atomic mass is 10.2. The van der Waals surface area contributed by atoms with Gasteiger partial charge >= 0.3 is 0 Å². The molecule has 10 heavy (non-hydrogen) atoms. The molecule has 0 aliphatic carbocycles. The average molecular weight is 161 g/mol. The molecule has 0 aromatic carbocycles. The van der Waals surface area contributed by atoms with Crippen molar-refractivity contribution in [3.05, 3.63) is 0 Å². The SMILES string of the molecule is CCCCOC([S])C(C)C. The van der Waals surface area contributed by atoms with E-state index in [2.05, 4.69) is 20.8 Å². The maximum atomic E-state index is 5.36. The van der Waals surface area contributed by atoms with Crippen LogP contribution in [0, 0.1) is 5.92 Å². The first-order valence-corrected chi connectivity index (χ1v) is 4.43. The van der Waals surface area contributed by atoms with Gasteiger partial charge in [-0.2, -0.15) is 0 Å². The fourth-order valence-electron chi connectivity index (χ4n) is 0.536. The van der Waals surface area contributed by atoms with Crippen molar-refractivity contribution in [2.75, 3.05) is 6.61 Å². The minimum absolute atomic E-state index is 0.00606. The van der Waals surface area contributed by atoms with Gasteiger partial charge in [-0.3, -0.25) is 0 Å². The second-order valence-corrected chi connectivity index (χ2v) is 3.30. The zero-order valence-electron chi connectivity index (χ0n) is 7.09. The van der Waals surface area contributed by atoms with Crippen molar-refractivity contribution in [2.24, 2.45) is 5.92 Å². The smallest absolute Gasteiger partial charge is 0.115 e. The van der Waals surface area contributed by atoms with Crippen LogP contribution in [0.3, 0.4) is 0 Å². The van der Waals surface area contributed by atoms with Crippen LogP contribution in [0.4, 0.5) is 0 Å². The van der Waals surface area contributed by atoms with Crippen molar-refractivity contribution in [3.8, 4) is 0 Å². The molecule has 1 unspecified atom stereocenters. The van der Waals surface area contributed by atoms with Crippen molar-refractivity contribution >= 4 is 12.6 Å². The van der Waals surface area contributed by atoms with Crippen LogP contribution in [0.5, 0.6) is 0 Å². The van der Waals surface area contributed by atoms with Crippen LogP contribution in [0.25, 0.3) is 0 Å². The molecule has 61 valence electrons. The molecule has 0 bridgehead atoms. The Morgan fingerprint density at radius 3 is 2.40 bits per heavy atom. The monoisotopic (exact) mass is 161 g/mol. The van der Waals surface area contributed by atoms with E-state index in [-0.39, 0.29) is 5.44 Å². The molecule has 0 heterocycles. The third-order valence-corrected chi connectivity index (χ3v) is 2.00. The van der Waals surface area contributed by atoms with E-state index < -0.39 is 0 Å². The van der Waals surface area contributed by atoms with Gasteiger partial charge < -0.3 is 4.74 Å². The summed E-state index contributed by atoms with van der Waals surface area (Å²) in [6.07, 6.45) is 2.31. The Morgan fingerprint density at radius 1 is 1.40 bits per heavy atom. The van der Waals surface area contributed by atoms with Crippen LogP contribution in [0.15, 0.2) is 0 Å². The first-order valence-electron chi connectivity index (χ1n) is 3.96. The molecule has 0 aromatic heterocycles. The standard InChI is InChI=1S/C8H17OS/c1-4-5-6-9-8(10)7(2)3/h7-8H,4-6H2,1-3H3. The summed E-state index contributed by atoms with van der Waals surface area (Å²) in [5, 5.41) is 0. The van der Waals surface area contributed by atoms with Gasteiger partial charge in [0.05, 0.1) is 0 Å². The average Bonchev–Trinajstić information content (AvgIpc) is 1.88. The Balaban J connectivity index is 3.13. The molecule has 2 heteroatoms. The predicted molar refractivity (Wildman–Crippen MR) is 47.1 cm³/mol. The number of rotatable bonds is 5. The van der Waals surface area contributed by atoms with Crippen molar-refractivity contribution in [1.29, 1.82) is 0 Å². The molecule has 1 atom stereocenters. The Hall–Kier alpha value is 0.310. The molecule has 0 N–H and O–H groups in total. The second-order valence-electron chi connectivity index (χ2n) is 2.84. The lowest BCUT2D eigenvalue weighted by molar-refractivity contribution is 0.0830. The molecule has 0 fully saturated rings. The van der Waals surface area contributed by atoms with Gasteiger partial charge in [-0.1, -0.05) is 39.8 Å². The molecular weight excluding hydrogens is 144 g/mol. The maximum absolute atomic E-state index is 5.36. The van der Waals surface area contributed by atoms with E-state index in [0.717, 1.165) is 13.0 Å². The van der Waals surface area contributed by atoms with Crippen molar-refractivity contribution in [2.45, 2.75) is 39.0 Å². The highest BCUT2D eigenvalue weighted by Crippen LogP contribution is 2.10. The van der Waals surface area contributed by atoms with Gasteiger partial charge in [0.15, 0.2) is 0 Å². The van der Waals surface area contributed by atoms with E-state index in [1.54, 1.807) is 0 Å². The molecule has 0 amide bonds. The lowest BCUT2D eigenvalue weighted by Gasteiger charge is -2.13. The number of ether oxygens (including phenoxy) is 1. The summed E-state index contributed by atoms with van der Waals surface area (Å²) in [4.78, 5) is 0. The highest BCUT2D eigenvalue weighted by Gasteiger charge is 2.07. The van der Waals surface area contributed by atoms with Crippen LogP contribution in [-0.4, -0.2) is 12.0 Å². The molecule has 0 saturated heterocycles. The molecule has 0 aliphatic rings. The zero-order valence-corrected chi connectivity index (χ0v) is 7.91. The zero-order chi connectivity index (χ0) is 7.98. The van der Waals surface area contributed by atoms with E-state index in [1.807, 2.05) is 0 Å². The van der Waals surface area contributed by atoms with Gasteiger partial charge in [0, 0.05) is 6.61 Å². The maximum Gasteiger partial charge on any atom is 0.115 e. The molecular formula is C8H17OS. The summed E-state index contributed by atoms with van der Waals surface area (Å²) in [5.41, 5.74) is 0.00606. The predicted octanol–water partition coefficient (Wildman–Crippen LogP) is 2.98. The largest absolute Gasteiger partial charge is 0.366 e. The lowest BCUT2D eigenvalue weighted by Crippen LogP contribution is -2.13. The minimum Gasteiger partial charge on any atom is -0.366 e. The third kappa shape index (κ3) is 5.12. The summed E-state index contributed by atoms with van der Waals surface area (Å²) in [5.74, 6) is 0.465. The Bertz CT molecular complexity index is 73.7. The minimum atomic E-state index is 0.00606. The van der Waals surface area contributed by atoms with Crippen LogP contribution >= 0.6 is 12.6 Å². The first-order chi connectivity index (χ1) is 4.68.